The monoisotopic (exact) mass is 313 g/mol. The number of aromatic nitrogens is 2. The Morgan fingerprint density at radius 2 is 2.00 bits per heavy atom. The van der Waals surface area contributed by atoms with E-state index in [0.717, 1.165) is 24.0 Å². The Morgan fingerprint density at radius 1 is 1.30 bits per heavy atom. The van der Waals surface area contributed by atoms with E-state index in [-0.39, 0.29) is 34.1 Å². The largest absolute Gasteiger partial charge is 0.507 e. The lowest BCUT2D eigenvalue weighted by molar-refractivity contribution is 0.0696. The van der Waals surface area contributed by atoms with Gasteiger partial charge in [0.25, 0.3) is 0 Å². The highest BCUT2D eigenvalue weighted by Crippen LogP contribution is 2.43. The molecule has 1 aromatic carbocycles. The first kappa shape index (κ1) is 15.3. The van der Waals surface area contributed by atoms with Crippen LogP contribution in [0.3, 0.4) is 0 Å². The van der Waals surface area contributed by atoms with Gasteiger partial charge in [-0.1, -0.05) is 13.8 Å². The molecule has 0 fully saturated rings. The number of aromatic carboxylic acids is 1. The van der Waals surface area contributed by atoms with E-state index in [4.69, 9.17) is 10.8 Å². The summed E-state index contributed by atoms with van der Waals surface area (Å²) in [4.78, 5) is 19.5. The molecule has 6 nitrogen and oxygen atoms in total. The fourth-order valence-corrected chi connectivity index (χ4v) is 3.21. The highest BCUT2D eigenvalue weighted by Gasteiger charge is 2.31. The summed E-state index contributed by atoms with van der Waals surface area (Å²) in [6, 6.07) is 3.64. The van der Waals surface area contributed by atoms with Gasteiger partial charge in [0.1, 0.15) is 17.1 Å². The molecule has 0 atom stereocenters. The number of carbonyl (C=O) groups is 1. The molecule has 0 amide bonds. The number of nitrogens with zero attached hydrogens (tertiary/aromatic N) is 2. The van der Waals surface area contributed by atoms with Gasteiger partial charge in [-0.3, -0.25) is 0 Å². The van der Waals surface area contributed by atoms with Gasteiger partial charge < -0.3 is 15.9 Å². The lowest BCUT2D eigenvalue weighted by Crippen LogP contribution is -2.12. The van der Waals surface area contributed by atoms with Crippen LogP contribution in [0.5, 0.6) is 5.75 Å². The number of hydrogen-bond acceptors (Lipinski definition) is 5. The number of rotatable bonds is 2. The van der Waals surface area contributed by atoms with Crippen LogP contribution in [-0.2, 0) is 11.8 Å². The number of aryl methyl sites for hydroxylation is 2. The molecule has 0 radical (unpaired) electrons. The lowest BCUT2D eigenvalue weighted by atomic mass is 9.86. The maximum atomic E-state index is 11.2. The second-order valence-corrected chi connectivity index (χ2v) is 6.61. The van der Waals surface area contributed by atoms with Crippen molar-refractivity contribution >= 4 is 11.8 Å². The van der Waals surface area contributed by atoms with Gasteiger partial charge >= 0.3 is 5.97 Å². The number of fused-ring (bicyclic) bond motifs is 1. The van der Waals surface area contributed by atoms with Crippen molar-refractivity contribution in [3.05, 3.63) is 34.5 Å². The number of benzene rings is 1. The molecule has 0 spiro atoms. The Kier molecular flexibility index (Phi) is 3.28. The zero-order chi connectivity index (χ0) is 16.9. The molecule has 1 heterocycles. The molecule has 1 aliphatic carbocycles. The molecule has 0 saturated heterocycles. The molecule has 1 aliphatic rings. The quantitative estimate of drug-likeness (QED) is 0.786. The molecule has 2 aromatic rings. The van der Waals surface area contributed by atoms with Crippen molar-refractivity contribution in [3.8, 4) is 17.1 Å². The molecule has 0 bridgehead atoms. The minimum Gasteiger partial charge on any atom is -0.507 e. The van der Waals surface area contributed by atoms with Crippen LogP contribution in [0.15, 0.2) is 12.1 Å². The molecule has 0 unspecified atom stereocenters. The number of carboxylic acids is 1. The van der Waals surface area contributed by atoms with Crippen molar-refractivity contribution in [2.24, 2.45) is 0 Å². The van der Waals surface area contributed by atoms with Gasteiger partial charge in [-0.2, -0.15) is 0 Å². The van der Waals surface area contributed by atoms with E-state index < -0.39 is 5.97 Å². The second-order valence-electron chi connectivity index (χ2n) is 6.61. The Balaban J connectivity index is 2.16. The Hall–Kier alpha value is -2.63. The summed E-state index contributed by atoms with van der Waals surface area (Å²) in [5.41, 5.74) is 8.73. The number of phenolic OH excluding ortho intramolecular Hbond substituents is 1. The standard InChI is InChI=1S/C17H19N3O3/c1-8-13(16(22)23)14(18)20-15(19-8)10-6-9-4-5-17(2,3)11(9)7-12(10)21/h6-7,21H,4-5H2,1-3H3,(H,22,23)(H2,18,19,20). The SMILES string of the molecule is Cc1nc(-c2cc3c(cc2O)C(C)(C)CC3)nc(N)c1C(=O)O. The van der Waals surface area contributed by atoms with Crippen molar-refractivity contribution in [3.63, 3.8) is 0 Å². The fourth-order valence-electron chi connectivity index (χ4n) is 3.21. The van der Waals surface area contributed by atoms with Gasteiger partial charge in [0.2, 0.25) is 0 Å². The van der Waals surface area contributed by atoms with Gasteiger partial charge in [-0.15, -0.1) is 0 Å². The second kappa shape index (κ2) is 4.94. The van der Waals surface area contributed by atoms with Crippen LogP contribution in [0.25, 0.3) is 11.4 Å². The summed E-state index contributed by atoms with van der Waals surface area (Å²) in [5, 5.41) is 19.5. The molecule has 120 valence electrons. The van der Waals surface area contributed by atoms with Gasteiger partial charge in [-0.05, 0) is 48.4 Å². The number of nitrogens with two attached hydrogens (primary N) is 1. The Morgan fingerprint density at radius 3 is 2.61 bits per heavy atom. The normalized spacial score (nSPS) is 15.4. The summed E-state index contributed by atoms with van der Waals surface area (Å²) in [6.45, 7) is 5.87. The molecular formula is C17H19N3O3. The maximum Gasteiger partial charge on any atom is 0.341 e. The van der Waals surface area contributed by atoms with Crippen LogP contribution in [0.1, 0.15) is 47.4 Å². The average molecular weight is 313 g/mol. The zero-order valence-electron chi connectivity index (χ0n) is 13.3. The average Bonchev–Trinajstić information content (AvgIpc) is 2.72. The highest BCUT2D eigenvalue weighted by atomic mass is 16.4. The predicted molar refractivity (Wildman–Crippen MR) is 86.6 cm³/mol. The van der Waals surface area contributed by atoms with Crippen LogP contribution in [-0.4, -0.2) is 26.2 Å². The number of phenols is 1. The van der Waals surface area contributed by atoms with E-state index in [0.29, 0.717) is 5.56 Å². The van der Waals surface area contributed by atoms with Crippen LogP contribution in [0.2, 0.25) is 0 Å². The summed E-state index contributed by atoms with van der Waals surface area (Å²) in [5.74, 6) is -0.928. The van der Waals surface area contributed by atoms with E-state index in [1.165, 1.54) is 0 Å². The molecule has 4 N–H and O–H groups in total. The van der Waals surface area contributed by atoms with Crippen molar-refractivity contribution in [1.82, 2.24) is 9.97 Å². The zero-order valence-corrected chi connectivity index (χ0v) is 13.3. The van der Waals surface area contributed by atoms with Gasteiger partial charge in [0.05, 0.1) is 11.3 Å². The molecule has 3 rings (SSSR count). The first-order valence-electron chi connectivity index (χ1n) is 7.45. The van der Waals surface area contributed by atoms with E-state index >= 15 is 0 Å². The third-order valence-corrected chi connectivity index (χ3v) is 4.54. The third-order valence-electron chi connectivity index (χ3n) is 4.54. The maximum absolute atomic E-state index is 11.2. The fraction of sp³-hybridized carbons (Fsp3) is 0.353. The minimum absolute atomic E-state index is 0.0360. The van der Waals surface area contributed by atoms with Crippen molar-refractivity contribution in [2.45, 2.75) is 39.0 Å². The molecular weight excluding hydrogens is 294 g/mol. The van der Waals surface area contributed by atoms with Crippen LogP contribution < -0.4 is 5.73 Å². The smallest absolute Gasteiger partial charge is 0.341 e. The minimum atomic E-state index is -1.16. The molecule has 0 aliphatic heterocycles. The lowest BCUT2D eigenvalue weighted by Gasteiger charge is -2.19. The van der Waals surface area contributed by atoms with Crippen LogP contribution in [0, 0.1) is 6.92 Å². The summed E-state index contributed by atoms with van der Waals surface area (Å²) < 4.78 is 0. The van der Waals surface area contributed by atoms with Crippen LogP contribution in [0.4, 0.5) is 5.82 Å². The number of aromatic hydroxyl groups is 1. The van der Waals surface area contributed by atoms with E-state index in [1.54, 1.807) is 13.0 Å². The summed E-state index contributed by atoms with van der Waals surface area (Å²) in [7, 11) is 0. The van der Waals surface area contributed by atoms with Crippen LogP contribution >= 0.6 is 0 Å². The van der Waals surface area contributed by atoms with Crippen molar-refractivity contribution < 1.29 is 15.0 Å². The number of carboxylic acid groups (broad SMARTS) is 1. The highest BCUT2D eigenvalue weighted by molar-refractivity contribution is 5.94. The number of hydrogen-bond donors (Lipinski definition) is 3. The van der Waals surface area contributed by atoms with Gasteiger partial charge in [0.15, 0.2) is 5.82 Å². The Bertz CT molecular complexity index is 805. The number of anilines is 1. The van der Waals surface area contributed by atoms with E-state index in [1.807, 2.05) is 6.07 Å². The third kappa shape index (κ3) is 2.40. The first-order valence-corrected chi connectivity index (χ1v) is 7.45. The Labute approximate surface area is 134 Å². The topological polar surface area (TPSA) is 109 Å². The summed E-state index contributed by atoms with van der Waals surface area (Å²) in [6.07, 6.45) is 1.95. The molecule has 23 heavy (non-hydrogen) atoms. The van der Waals surface area contributed by atoms with Crippen molar-refractivity contribution in [1.29, 1.82) is 0 Å². The van der Waals surface area contributed by atoms with E-state index in [9.17, 15) is 9.90 Å². The summed E-state index contributed by atoms with van der Waals surface area (Å²) >= 11 is 0. The molecule has 6 heteroatoms. The van der Waals surface area contributed by atoms with E-state index in [2.05, 4.69) is 23.8 Å². The van der Waals surface area contributed by atoms with Gasteiger partial charge in [-0.25, -0.2) is 14.8 Å². The van der Waals surface area contributed by atoms with Crippen molar-refractivity contribution in [2.75, 3.05) is 5.73 Å². The molecule has 0 saturated carbocycles. The van der Waals surface area contributed by atoms with Gasteiger partial charge in [0, 0.05) is 0 Å². The number of nitrogen functional groups attached to an aromatic ring is 1. The predicted octanol–water partition coefficient (Wildman–Crippen LogP) is 2.66. The first-order chi connectivity index (χ1) is 10.7. The molecule has 1 aromatic heterocycles.